The zero-order valence-corrected chi connectivity index (χ0v) is 11.4. The molecule has 108 valence electrons. The average Bonchev–Trinajstić information content (AvgIpc) is 2.38. The van der Waals surface area contributed by atoms with Crippen LogP contribution in [0.4, 0.5) is 19.0 Å². The molecule has 0 radical (unpaired) electrons. The van der Waals surface area contributed by atoms with E-state index in [-0.39, 0.29) is 0 Å². The smallest absolute Gasteiger partial charge is 0.370 e. The first-order valence-corrected chi connectivity index (χ1v) is 6.75. The zero-order chi connectivity index (χ0) is 14.3. The van der Waals surface area contributed by atoms with Gasteiger partial charge in [-0.2, -0.15) is 13.2 Å². The Labute approximate surface area is 112 Å². The molecular weight excluding hydrogens is 253 g/mol. The lowest BCUT2D eigenvalue weighted by atomic mass is 9.99. The summed E-state index contributed by atoms with van der Waals surface area (Å²) in [6.45, 7) is 4.90. The second kappa shape index (κ2) is 7.36. The summed E-state index contributed by atoms with van der Waals surface area (Å²) in [6.07, 6.45) is 0.0174. The van der Waals surface area contributed by atoms with Crippen LogP contribution in [-0.2, 0) is 6.18 Å². The molecule has 1 N–H and O–H groups in total. The Morgan fingerprint density at radius 1 is 1.26 bits per heavy atom. The van der Waals surface area contributed by atoms with Crippen LogP contribution >= 0.6 is 0 Å². The monoisotopic (exact) mass is 274 g/mol. The van der Waals surface area contributed by atoms with E-state index in [0.29, 0.717) is 18.3 Å². The molecule has 0 spiro atoms. The second-order valence-corrected chi connectivity index (χ2v) is 4.70. The third kappa shape index (κ3) is 5.49. The predicted octanol–water partition coefficient (Wildman–Crippen LogP) is 4.73. The molecule has 0 saturated carbocycles. The van der Waals surface area contributed by atoms with Gasteiger partial charge in [-0.25, -0.2) is 4.98 Å². The average molecular weight is 274 g/mol. The van der Waals surface area contributed by atoms with Crippen molar-refractivity contribution in [3.63, 3.8) is 0 Å². The summed E-state index contributed by atoms with van der Waals surface area (Å²) in [5.41, 5.74) is -0.848. The van der Waals surface area contributed by atoms with E-state index in [2.05, 4.69) is 24.1 Å². The van der Waals surface area contributed by atoms with Gasteiger partial charge in [0, 0.05) is 6.54 Å². The van der Waals surface area contributed by atoms with Crippen molar-refractivity contribution in [3.05, 3.63) is 23.9 Å². The summed E-state index contributed by atoms with van der Waals surface area (Å²) in [6, 6.07) is 3.94. The fourth-order valence-corrected chi connectivity index (χ4v) is 1.88. The number of rotatable bonds is 7. The van der Waals surface area contributed by atoms with Crippen molar-refractivity contribution < 1.29 is 13.2 Å². The van der Waals surface area contributed by atoms with Crippen LogP contribution in [0, 0.1) is 5.92 Å². The number of aromatic nitrogens is 1. The van der Waals surface area contributed by atoms with E-state index in [4.69, 9.17) is 0 Å². The number of unbranched alkanes of at least 4 members (excludes halogenated alkanes) is 1. The number of pyridine rings is 1. The summed E-state index contributed by atoms with van der Waals surface area (Å²) >= 11 is 0. The van der Waals surface area contributed by atoms with Crippen LogP contribution in [0.15, 0.2) is 18.2 Å². The highest BCUT2D eigenvalue weighted by atomic mass is 19.4. The lowest BCUT2D eigenvalue weighted by Gasteiger charge is -2.16. The lowest BCUT2D eigenvalue weighted by Crippen LogP contribution is -2.16. The van der Waals surface area contributed by atoms with E-state index in [1.165, 1.54) is 6.07 Å². The van der Waals surface area contributed by atoms with Gasteiger partial charge in [0.2, 0.25) is 0 Å². The van der Waals surface area contributed by atoms with Crippen molar-refractivity contribution in [1.82, 2.24) is 4.98 Å². The van der Waals surface area contributed by atoms with Gasteiger partial charge < -0.3 is 5.32 Å². The summed E-state index contributed by atoms with van der Waals surface area (Å²) in [7, 11) is 0. The molecule has 0 aliphatic rings. The summed E-state index contributed by atoms with van der Waals surface area (Å²) in [5.74, 6) is 0.779. The Kier molecular flexibility index (Phi) is 6.12. The maximum Gasteiger partial charge on any atom is 0.433 e. The van der Waals surface area contributed by atoms with Crippen LogP contribution in [0.25, 0.3) is 0 Å². The molecule has 1 unspecified atom stereocenters. The lowest BCUT2D eigenvalue weighted by molar-refractivity contribution is -0.141. The van der Waals surface area contributed by atoms with Crippen LogP contribution in [0.2, 0.25) is 0 Å². The van der Waals surface area contributed by atoms with Crippen molar-refractivity contribution in [1.29, 1.82) is 0 Å². The molecule has 0 aliphatic carbocycles. The number of hydrogen-bond acceptors (Lipinski definition) is 2. The molecule has 0 saturated heterocycles. The molecule has 0 aliphatic heterocycles. The van der Waals surface area contributed by atoms with Crippen LogP contribution in [0.3, 0.4) is 0 Å². The van der Waals surface area contributed by atoms with Gasteiger partial charge in [0.15, 0.2) is 0 Å². The third-order valence-electron chi connectivity index (χ3n) is 3.15. The Hall–Kier alpha value is -1.26. The van der Waals surface area contributed by atoms with Gasteiger partial charge in [0.25, 0.3) is 0 Å². The number of halogens is 3. The molecule has 0 aromatic carbocycles. The van der Waals surface area contributed by atoms with E-state index in [1.807, 2.05) is 0 Å². The minimum atomic E-state index is -4.38. The van der Waals surface area contributed by atoms with Gasteiger partial charge in [-0.3, -0.25) is 0 Å². The van der Waals surface area contributed by atoms with E-state index >= 15 is 0 Å². The molecule has 19 heavy (non-hydrogen) atoms. The Bertz CT molecular complexity index is 377. The minimum Gasteiger partial charge on any atom is -0.370 e. The molecule has 1 aromatic rings. The van der Waals surface area contributed by atoms with Gasteiger partial charge in [-0.15, -0.1) is 0 Å². The van der Waals surface area contributed by atoms with Gasteiger partial charge in [0.05, 0.1) is 0 Å². The Morgan fingerprint density at radius 2 is 2.00 bits per heavy atom. The number of alkyl halides is 3. The van der Waals surface area contributed by atoms with E-state index in [9.17, 15) is 13.2 Å². The topological polar surface area (TPSA) is 24.9 Å². The minimum absolute atomic E-state index is 0.296. The normalized spacial score (nSPS) is 13.3. The second-order valence-electron chi connectivity index (χ2n) is 4.70. The summed E-state index contributed by atoms with van der Waals surface area (Å²) in [4.78, 5) is 3.59. The molecule has 2 nitrogen and oxygen atoms in total. The molecule has 0 amide bonds. The highest BCUT2D eigenvalue weighted by molar-refractivity contribution is 5.35. The van der Waals surface area contributed by atoms with Gasteiger partial charge in [-0.05, 0) is 24.5 Å². The molecule has 1 atom stereocenters. The van der Waals surface area contributed by atoms with Crippen molar-refractivity contribution in [2.75, 3.05) is 11.9 Å². The van der Waals surface area contributed by atoms with Crippen molar-refractivity contribution in [2.24, 2.45) is 5.92 Å². The molecule has 1 rings (SSSR count). The quantitative estimate of drug-likeness (QED) is 0.777. The maximum absolute atomic E-state index is 12.5. The predicted molar refractivity (Wildman–Crippen MR) is 71.0 cm³/mol. The largest absolute Gasteiger partial charge is 0.433 e. The number of nitrogens with one attached hydrogen (secondary N) is 1. The fourth-order valence-electron chi connectivity index (χ4n) is 1.88. The first kappa shape index (κ1) is 15.8. The molecule has 0 fully saturated rings. The molecule has 5 heteroatoms. The molecule has 0 bridgehead atoms. The van der Waals surface area contributed by atoms with Gasteiger partial charge in [0.1, 0.15) is 11.5 Å². The molecule has 1 aromatic heterocycles. The third-order valence-corrected chi connectivity index (χ3v) is 3.15. The van der Waals surface area contributed by atoms with Crippen molar-refractivity contribution >= 4 is 5.82 Å². The van der Waals surface area contributed by atoms with Crippen molar-refractivity contribution in [2.45, 2.75) is 45.7 Å². The summed E-state index contributed by atoms with van der Waals surface area (Å²) in [5, 5.41) is 3.01. The zero-order valence-electron chi connectivity index (χ0n) is 11.4. The van der Waals surface area contributed by atoms with Crippen LogP contribution < -0.4 is 5.32 Å². The summed E-state index contributed by atoms with van der Waals surface area (Å²) < 4.78 is 37.5. The molecule has 1 heterocycles. The molecular formula is C14H21F3N2. The van der Waals surface area contributed by atoms with Gasteiger partial charge in [-0.1, -0.05) is 39.2 Å². The maximum atomic E-state index is 12.5. The number of nitrogens with zero attached hydrogens (tertiary/aromatic N) is 1. The van der Waals surface area contributed by atoms with Crippen LogP contribution in [-0.4, -0.2) is 11.5 Å². The number of hydrogen-bond donors (Lipinski definition) is 1. The van der Waals surface area contributed by atoms with Crippen molar-refractivity contribution in [3.8, 4) is 0 Å². The van der Waals surface area contributed by atoms with Crippen LogP contribution in [0.1, 0.15) is 45.2 Å². The standard InChI is InChI=1S/C14H21F3N2/c1-3-5-7-11(4-2)10-18-13-9-6-8-12(19-13)14(15,16)17/h6,8-9,11H,3-5,7,10H2,1-2H3,(H,18,19). The Balaban J connectivity index is 2.57. The first-order chi connectivity index (χ1) is 8.97. The van der Waals surface area contributed by atoms with E-state index < -0.39 is 11.9 Å². The Morgan fingerprint density at radius 3 is 2.58 bits per heavy atom. The number of anilines is 1. The van der Waals surface area contributed by atoms with E-state index in [0.717, 1.165) is 31.7 Å². The fraction of sp³-hybridized carbons (Fsp3) is 0.643. The van der Waals surface area contributed by atoms with Crippen LogP contribution in [0.5, 0.6) is 0 Å². The highest BCUT2D eigenvalue weighted by Crippen LogP contribution is 2.28. The highest BCUT2D eigenvalue weighted by Gasteiger charge is 2.32. The van der Waals surface area contributed by atoms with Gasteiger partial charge >= 0.3 is 6.18 Å². The van der Waals surface area contributed by atoms with E-state index in [1.54, 1.807) is 6.07 Å². The SMILES string of the molecule is CCCCC(CC)CNc1cccc(C(F)(F)F)n1. The first-order valence-electron chi connectivity index (χ1n) is 6.75.